The van der Waals surface area contributed by atoms with E-state index in [2.05, 4.69) is 10.3 Å². The highest BCUT2D eigenvalue weighted by Gasteiger charge is 2.06. The Labute approximate surface area is 115 Å². The zero-order valence-electron chi connectivity index (χ0n) is 9.36. The van der Waals surface area contributed by atoms with Gasteiger partial charge in [0.15, 0.2) is 0 Å². The summed E-state index contributed by atoms with van der Waals surface area (Å²) in [6.07, 6.45) is 3.13. The van der Waals surface area contributed by atoms with E-state index >= 15 is 0 Å². The Balaban J connectivity index is 2.02. The first-order valence-corrected chi connectivity index (χ1v) is 6.04. The van der Waals surface area contributed by atoms with Crippen LogP contribution in [0.1, 0.15) is 15.9 Å². The number of pyridine rings is 1. The van der Waals surface area contributed by atoms with E-state index in [1.165, 1.54) is 6.20 Å². The fraction of sp³-hybridized carbons (Fsp3) is 0.0769. The average Bonchev–Trinajstić information content (AvgIpc) is 2.38. The molecule has 0 bridgehead atoms. The number of carbonyl (C=O) groups is 1. The predicted octanol–water partition coefficient (Wildman–Crippen LogP) is 3.32. The molecule has 3 nitrogen and oxygen atoms in total. The van der Waals surface area contributed by atoms with Crippen molar-refractivity contribution in [1.29, 1.82) is 0 Å². The standard InChI is InChI=1S/C13H10Cl2N2O/c14-11-4-3-9(12(15)6-11)8-17-13(18)10-2-1-5-16-7-10/h1-7H,8H2,(H,17,18). The highest BCUT2D eigenvalue weighted by Crippen LogP contribution is 2.20. The Kier molecular flexibility index (Phi) is 4.18. The Bertz CT molecular complexity index is 558. The second kappa shape index (κ2) is 5.85. The van der Waals surface area contributed by atoms with Crippen molar-refractivity contribution in [3.63, 3.8) is 0 Å². The predicted molar refractivity (Wildman–Crippen MR) is 71.9 cm³/mol. The van der Waals surface area contributed by atoms with E-state index < -0.39 is 0 Å². The lowest BCUT2D eigenvalue weighted by Crippen LogP contribution is -2.22. The molecule has 1 amide bonds. The molecule has 0 aliphatic rings. The summed E-state index contributed by atoms with van der Waals surface area (Å²) in [7, 11) is 0. The molecular weight excluding hydrogens is 271 g/mol. The molecule has 0 atom stereocenters. The second-order valence-electron chi connectivity index (χ2n) is 3.66. The lowest BCUT2D eigenvalue weighted by atomic mass is 10.2. The number of halogens is 2. The molecule has 0 saturated carbocycles. The number of nitrogens with one attached hydrogen (secondary N) is 1. The van der Waals surface area contributed by atoms with E-state index in [1.54, 1.807) is 36.5 Å². The van der Waals surface area contributed by atoms with Crippen LogP contribution in [0.5, 0.6) is 0 Å². The van der Waals surface area contributed by atoms with Crippen LogP contribution in [0.25, 0.3) is 0 Å². The fourth-order valence-electron chi connectivity index (χ4n) is 1.44. The normalized spacial score (nSPS) is 10.1. The molecule has 0 radical (unpaired) electrons. The first-order chi connectivity index (χ1) is 8.66. The van der Waals surface area contributed by atoms with E-state index in [9.17, 15) is 4.79 Å². The van der Waals surface area contributed by atoms with E-state index in [0.29, 0.717) is 22.2 Å². The van der Waals surface area contributed by atoms with Crippen molar-refractivity contribution in [1.82, 2.24) is 10.3 Å². The molecule has 0 aliphatic carbocycles. The number of hydrogen-bond donors (Lipinski definition) is 1. The lowest BCUT2D eigenvalue weighted by Gasteiger charge is -2.07. The molecule has 0 fully saturated rings. The summed E-state index contributed by atoms with van der Waals surface area (Å²) in [6, 6.07) is 8.58. The minimum Gasteiger partial charge on any atom is -0.348 e. The Morgan fingerprint density at radius 1 is 1.28 bits per heavy atom. The molecule has 5 heteroatoms. The number of nitrogens with zero attached hydrogens (tertiary/aromatic N) is 1. The molecule has 1 N–H and O–H groups in total. The van der Waals surface area contributed by atoms with Crippen LogP contribution < -0.4 is 5.32 Å². The molecule has 1 aromatic heterocycles. The van der Waals surface area contributed by atoms with Crippen molar-refractivity contribution in [2.45, 2.75) is 6.54 Å². The first-order valence-electron chi connectivity index (χ1n) is 5.29. The molecule has 2 rings (SSSR count). The van der Waals surface area contributed by atoms with Gasteiger partial charge in [0, 0.05) is 29.0 Å². The van der Waals surface area contributed by atoms with Crippen molar-refractivity contribution >= 4 is 29.1 Å². The monoisotopic (exact) mass is 280 g/mol. The zero-order valence-corrected chi connectivity index (χ0v) is 10.9. The minimum atomic E-state index is -0.186. The number of rotatable bonds is 3. The number of carbonyl (C=O) groups excluding carboxylic acids is 1. The summed E-state index contributed by atoms with van der Waals surface area (Å²) in [5, 5.41) is 3.88. The van der Waals surface area contributed by atoms with Gasteiger partial charge in [-0.25, -0.2) is 0 Å². The Morgan fingerprint density at radius 2 is 2.11 bits per heavy atom. The van der Waals surface area contributed by atoms with E-state index in [4.69, 9.17) is 23.2 Å². The zero-order chi connectivity index (χ0) is 13.0. The van der Waals surface area contributed by atoms with Gasteiger partial charge in [-0.15, -0.1) is 0 Å². The van der Waals surface area contributed by atoms with Gasteiger partial charge < -0.3 is 5.32 Å². The van der Waals surface area contributed by atoms with E-state index in [1.807, 2.05) is 0 Å². The Hall–Kier alpha value is -1.58. The van der Waals surface area contributed by atoms with Crippen LogP contribution >= 0.6 is 23.2 Å². The van der Waals surface area contributed by atoms with Gasteiger partial charge in [0.2, 0.25) is 0 Å². The third kappa shape index (κ3) is 3.22. The molecule has 92 valence electrons. The minimum absolute atomic E-state index is 0.186. The number of amides is 1. The van der Waals surface area contributed by atoms with E-state index in [0.717, 1.165) is 5.56 Å². The molecular formula is C13H10Cl2N2O. The first kappa shape index (κ1) is 12.9. The largest absolute Gasteiger partial charge is 0.348 e. The van der Waals surface area contributed by atoms with Crippen molar-refractivity contribution < 1.29 is 4.79 Å². The topological polar surface area (TPSA) is 42.0 Å². The SMILES string of the molecule is O=C(NCc1ccc(Cl)cc1Cl)c1cccnc1. The Morgan fingerprint density at radius 3 is 2.78 bits per heavy atom. The van der Waals surface area contributed by atoms with Crippen molar-refractivity contribution in [3.8, 4) is 0 Å². The quantitative estimate of drug-likeness (QED) is 0.937. The lowest BCUT2D eigenvalue weighted by molar-refractivity contribution is 0.0950. The number of hydrogen-bond acceptors (Lipinski definition) is 2. The molecule has 2 aromatic rings. The van der Waals surface area contributed by atoms with Gasteiger partial charge in [0.05, 0.1) is 5.56 Å². The molecule has 0 unspecified atom stereocenters. The van der Waals surface area contributed by atoms with Crippen molar-refractivity contribution in [3.05, 3.63) is 63.9 Å². The summed E-state index contributed by atoms with van der Waals surface area (Å²) in [4.78, 5) is 15.7. The third-order valence-corrected chi connectivity index (χ3v) is 2.97. The molecule has 0 saturated heterocycles. The second-order valence-corrected chi connectivity index (χ2v) is 4.50. The molecule has 18 heavy (non-hydrogen) atoms. The van der Waals surface area contributed by atoms with Crippen LogP contribution in [-0.4, -0.2) is 10.9 Å². The van der Waals surface area contributed by atoms with Crippen LogP contribution in [0.15, 0.2) is 42.7 Å². The van der Waals surface area contributed by atoms with Crippen LogP contribution in [0.2, 0.25) is 10.0 Å². The van der Waals surface area contributed by atoms with Gasteiger partial charge in [-0.05, 0) is 29.8 Å². The number of aromatic nitrogens is 1. The summed E-state index contributed by atoms with van der Waals surface area (Å²) in [5.74, 6) is -0.186. The van der Waals surface area contributed by atoms with Crippen molar-refractivity contribution in [2.24, 2.45) is 0 Å². The fourth-order valence-corrected chi connectivity index (χ4v) is 1.91. The van der Waals surface area contributed by atoms with Gasteiger partial charge in [0.25, 0.3) is 5.91 Å². The maximum Gasteiger partial charge on any atom is 0.253 e. The van der Waals surface area contributed by atoms with Crippen LogP contribution in [0, 0.1) is 0 Å². The van der Waals surface area contributed by atoms with Crippen molar-refractivity contribution in [2.75, 3.05) is 0 Å². The summed E-state index contributed by atoms with van der Waals surface area (Å²) < 4.78 is 0. The number of benzene rings is 1. The smallest absolute Gasteiger partial charge is 0.253 e. The van der Waals surface area contributed by atoms with Gasteiger partial charge >= 0.3 is 0 Å². The highest BCUT2D eigenvalue weighted by molar-refractivity contribution is 6.35. The van der Waals surface area contributed by atoms with Crippen LogP contribution in [-0.2, 0) is 6.54 Å². The van der Waals surface area contributed by atoms with Crippen LogP contribution in [0.3, 0.4) is 0 Å². The molecule has 0 aliphatic heterocycles. The van der Waals surface area contributed by atoms with Gasteiger partial charge in [-0.3, -0.25) is 9.78 Å². The van der Waals surface area contributed by atoms with Crippen LogP contribution in [0.4, 0.5) is 0 Å². The maximum atomic E-state index is 11.8. The van der Waals surface area contributed by atoms with E-state index in [-0.39, 0.29) is 5.91 Å². The summed E-state index contributed by atoms with van der Waals surface area (Å²) in [5.41, 5.74) is 1.33. The summed E-state index contributed by atoms with van der Waals surface area (Å²) in [6.45, 7) is 0.351. The molecule has 1 heterocycles. The third-order valence-electron chi connectivity index (χ3n) is 2.38. The average molecular weight is 281 g/mol. The maximum absolute atomic E-state index is 11.8. The van der Waals surface area contributed by atoms with Gasteiger partial charge in [-0.2, -0.15) is 0 Å². The van der Waals surface area contributed by atoms with Gasteiger partial charge in [0.1, 0.15) is 0 Å². The summed E-state index contributed by atoms with van der Waals surface area (Å²) >= 11 is 11.8. The molecule has 1 aromatic carbocycles. The molecule has 0 spiro atoms. The highest BCUT2D eigenvalue weighted by atomic mass is 35.5. The van der Waals surface area contributed by atoms with Gasteiger partial charge in [-0.1, -0.05) is 29.3 Å².